The zero-order valence-corrected chi connectivity index (χ0v) is 22.4. The molecule has 0 radical (unpaired) electrons. The number of nitrogens with zero attached hydrogens (tertiary/aromatic N) is 2. The lowest BCUT2D eigenvalue weighted by molar-refractivity contribution is -0.138. The number of aliphatic carboxylic acids is 1. The van der Waals surface area contributed by atoms with Crippen molar-refractivity contribution in [2.45, 2.75) is 52.3 Å². The van der Waals surface area contributed by atoms with Gasteiger partial charge in [-0.1, -0.05) is 73.7 Å². The third-order valence-corrected chi connectivity index (χ3v) is 6.59. The van der Waals surface area contributed by atoms with Crippen LogP contribution < -0.4 is 10.6 Å². The monoisotopic (exact) mass is 526 g/mol. The Kier molecular flexibility index (Phi) is 8.99. The van der Waals surface area contributed by atoms with Crippen LogP contribution in [-0.2, 0) is 22.6 Å². The third kappa shape index (κ3) is 7.04. The minimum absolute atomic E-state index is 0.389. The number of anilines is 2. The van der Waals surface area contributed by atoms with Gasteiger partial charge >= 0.3 is 12.1 Å². The van der Waals surface area contributed by atoms with Gasteiger partial charge < -0.3 is 15.2 Å². The normalized spacial score (nSPS) is 12.4. The van der Waals surface area contributed by atoms with Crippen molar-refractivity contribution in [3.8, 4) is 11.3 Å². The van der Waals surface area contributed by atoms with Crippen LogP contribution in [0.3, 0.4) is 0 Å². The molecule has 3 N–H and O–H groups in total. The Balaban J connectivity index is 1.42. The minimum atomic E-state index is -0.816. The predicted octanol–water partition coefficient (Wildman–Crippen LogP) is 7.07. The molecule has 39 heavy (non-hydrogen) atoms. The highest BCUT2D eigenvalue weighted by molar-refractivity contribution is 5.90. The molecule has 0 spiro atoms. The van der Waals surface area contributed by atoms with Crippen LogP contribution in [0.25, 0.3) is 11.3 Å². The molecule has 0 fully saturated rings. The van der Waals surface area contributed by atoms with Crippen LogP contribution in [0.5, 0.6) is 0 Å². The second-order valence-electron chi connectivity index (χ2n) is 9.31. The molecule has 0 aliphatic heterocycles. The average molecular weight is 527 g/mol. The number of carbonyl (C=O) groups excluding carboxylic acids is 1. The van der Waals surface area contributed by atoms with Gasteiger partial charge in [0.2, 0.25) is 0 Å². The van der Waals surface area contributed by atoms with Crippen LogP contribution in [0.15, 0.2) is 85.1 Å². The number of carboxylic acids is 1. The summed E-state index contributed by atoms with van der Waals surface area (Å²) in [6.45, 7) is 6.93. The van der Waals surface area contributed by atoms with Gasteiger partial charge in [0, 0.05) is 30.5 Å². The number of nitrogens with one attached hydrogen (secondary N) is 2. The summed E-state index contributed by atoms with van der Waals surface area (Å²) >= 11 is 0. The second kappa shape index (κ2) is 12.8. The molecule has 3 aromatic carbocycles. The summed E-state index contributed by atoms with van der Waals surface area (Å²) in [6.07, 6.45) is 1.40. The summed E-state index contributed by atoms with van der Waals surface area (Å²) < 4.78 is 7.36. The van der Waals surface area contributed by atoms with Gasteiger partial charge in [0.1, 0.15) is 11.8 Å². The van der Waals surface area contributed by atoms with E-state index < -0.39 is 18.0 Å². The van der Waals surface area contributed by atoms with Crippen molar-refractivity contribution in [1.29, 1.82) is 0 Å². The molecular weight excluding hydrogens is 492 g/mol. The van der Waals surface area contributed by atoms with Crippen molar-refractivity contribution in [3.63, 3.8) is 0 Å². The number of amides is 1. The highest BCUT2D eigenvalue weighted by atomic mass is 16.6. The lowest BCUT2D eigenvalue weighted by Crippen LogP contribution is -2.16. The molecule has 8 heteroatoms. The number of ether oxygens (including phenoxy) is 1. The molecule has 4 rings (SSSR count). The SMILES string of the molecule is CCC(C(=O)O)c1cccc(NCc2ccc(-c3nn(CC)cc3NC(=O)OC(C)c3ccccc3)cc2)c1. The molecule has 2 unspecified atom stereocenters. The molecule has 0 bridgehead atoms. The van der Waals surface area contributed by atoms with E-state index >= 15 is 0 Å². The van der Waals surface area contributed by atoms with Gasteiger partial charge in [0.05, 0.1) is 11.6 Å². The summed E-state index contributed by atoms with van der Waals surface area (Å²) in [5.74, 6) is -1.33. The van der Waals surface area contributed by atoms with Crippen molar-refractivity contribution in [3.05, 3.63) is 102 Å². The van der Waals surface area contributed by atoms with Gasteiger partial charge in [-0.05, 0) is 49.1 Å². The second-order valence-corrected chi connectivity index (χ2v) is 9.31. The number of aromatic nitrogens is 2. The molecule has 4 aromatic rings. The maximum atomic E-state index is 12.7. The largest absolute Gasteiger partial charge is 0.481 e. The molecule has 2 atom stereocenters. The molecule has 1 aromatic heterocycles. The van der Waals surface area contributed by atoms with Crippen molar-refractivity contribution < 1.29 is 19.4 Å². The summed E-state index contributed by atoms with van der Waals surface area (Å²) in [5, 5.41) is 20.3. The summed E-state index contributed by atoms with van der Waals surface area (Å²) in [5.41, 5.74) is 5.73. The summed E-state index contributed by atoms with van der Waals surface area (Å²) in [6, 6.07) is 25.1. The molecule has 1 heterocycles. The van der Waals surface area contributed by atoms with Crippen LogP contribution >= 0.6 is 0 Å². The molecule has 0 aliphatic carbocycles. The van der Waals surface area contributed by atoms with Crippen molar-refractivity contribution in [1.82, 2.24) is 9.78 Å². The highest BCUT2D eigenvalue weighted by Crippen LogP contribution is 2.28. The van der Waals surface area contributed by atoms with E-state index in [1.54, 1.807) is 10.9 Å². The molecule has 1 amide bonds. The first-order valence-electron chi connectivity index (χ1n) is 13.1. The molecule has 202 valence electrons. The number of carboxylic acid groups (broad SMARTS) is 1. The topological polar surface area (TPSA) is 105 Å². The van der Waals surface area contributed by atoms with E-state index in [4.69, 9.17) is 4.74 Å². The van der Waals surface area contributed by atoms with Gasteiger partial charge in [-0.2, -0.15) is 5.10 Å². The Bertz CT molecular complexity index is 1400. The van der Waals surface area contributed by atoms with Crippen LogP contribution in [0.2, 0.25) is 0 Å². The zero-order chi connectivity index (χ0) is 27.8. The molecule has 0 aliphatic rings. The summed E-state index contributed by atoms with van der Waals surface area (Å²) in [7, 11) is 0. The predicted molar refractivity (Wildman–Crippen MR) is 153 cm³/mol. The molecule has 0 saturated carbocycles. The number of aryl methyl sites for hydroxylation is 1. The lowest BCUT2D eigenvalue weighted by atomic mass is 9.96. The fraction of sp³-hybridized carbons (Fsp3) is 0.258. The van der Waals surface area contributed by atoms with Gasteiger partial charge in [-0.3, -0.25) is 14.8 Å². The Morgan fingerprint density at radius 3 is 2.36 bits per heavy atom. The first-order chi connectivity index (χ1) is 18.9. The lowest BCUT2D eigenvalue weighted by Gasteiger charge is -2.14. The minimum Gasteiger partial charge on any atom is -0.481 e. The fourth-order valence-electron chi connectivity index (χ4n) is 4.38. The average Bonchev–Trinajstić information content (AvgIpc) is 3.35. The van der Waals surface area contributed by atoms with Gasteiger partial charge in [-0.25, -0.2) is 4.79 Å². The van der Waals surface area contributed by atoms with Crippen LogP contribution in [0.4, 0.5) is 16.2 Å². The number of carbonyl (C=O) groups is 2. The number of hydrogen-bond donors (Lipinski definition) is 3. The van der Waals surface area contributed by atoms with Gasteiger partial charge in [0.25, 0.3) is 0 Å². The quantitative estimate of drug-likeness (QED) is 0.193. The Labute approximate surface area is 228 Å². The maximum Gasteiger partial charge on any atom is 0.412 e. The smallest absolute Gasteiger partial charge is 0.412 e. The van der Waals surface area contributed by atoms with E-state index in [0.717, 1.165) is 27.9 Å². The first-order valence-corrected chi connectivity index (χ1v) is 13.1. The van der Waals surface area contributed by atoms with Crippen LogP contribution in [0.1, 0.15) is 55.9 Å². The third-order valence-electron chi connectivity index (χ3n) is 6.59. The van der Waals surface area contributed by atoms with Crippen molar-refractivity contribution in [2.75, 3.05) is 10.6 Å². The molecule has 8 nitrogen and oxygen atoms in total. The van der Waals surface area contributed by atoms with Gasteiger partial charge in [0.15, 0.2) is 0 Å². The molecule has 0 saturated heterocycles. The van der Waals surface area contributed by atoms with Gasteiger partial charge in [-0.15, -0.1) is 0 Å². The Morgan fingerprint density at radius 2 is 1.69 bits per heavy atom. The number of rotatable bonds is 11. The Hall–Kier alpha value is -4.59. The maximum absolute atomic E-state index is 12.7. The van der Waals surface area contributed by atoms with E-state index in [-0.39, 0.29) is 6.10 Å². The standard InChI is InChI=1S/C31H34N4O4/c1-4-27(30(36)37)25-12-9-13-26(18-25)32-19-22-14-16-24(17-15-22)29-28(20-35(5-2)34-29)33-31(38)39-21(3)23-10-7-6-8-11-23/h6-18,20-21,27,32H,4-5,19H2,1-3H3,(H,33,38)(H,36,37). The summed E-state index contributed by atoms with van der Waals surface area (Å²) in [4.78, 5) is 24.2. The zero-order valence-electron chi connectivity index (χ0n) is 22.4. The van der Waals surface area contributed by atoms with E-state index in [9.17, 15) is 14.7 Å². The fourth-order valence-corrected chi connectivity index (χ4v) is 4.38. The van der Waals surface area contributed by atoms with Crippen molar-refractivity contribution >= 4 is 23.4 Å². The van der Waals surface area contributed by atoms with E-state index in [2.05, 4.69) is 15.7 Å². The van der Waals surface area contributed by atoms with E-state index in [1.807, 2.05) is 99.6 Å². The van der Waals surface area contributed by atoms with Crippen LogP contribution in [-0.4, -0.2) is 26.9 Å². The van der Waals surface area contributed by atoms with E-state index in [0.29, 0.717) is 30.9 Å². The number of benzene rings is 3. The number of hydrogen-bond acceptors (Lipinski definition) is 5. The molecular formula is C31H34N4O4. The first kappa shape index (κ1) is 27.4. The van der Waals surface area contributed by atoms with Crippen LogP contribution in [0, 0.1) is 0 Å². The highest BCUT2D eigenvalue weighted by Gasteiger charge is 2.18. The Morgan fingerprint density at radius 1 is 0.974 bits per heavy atom. The van der Waals surface area contributed by atoms with Crippen molar-refractivity contribution in [2.24, 2.45) is 0 Å². The van der Waals surface area contributed by atoms with E-state index in [1.165, 1.54) is 0 Å².